The third-order valence-electron chi connectivity index (χ3n) is 3.97. The Balaban J connectivity index is 1.67. The van der Waals surface area contributed by atoms with Gasteiger partial charge in [-0.25, -0.2) is 0 Å². The Labute approximate surface area is 107 Å². The van der Waals surface area contributed by atoms with Gasteiger partial charge in [0.25, 0.3) is 0 Å². The molecule has 1 N–H and O–H groups in total. The van der Waals surface area contributed by atoms with Crippen molar-refractivity contribution in [3.8, 4) is 0 Å². The van der Waals surface area contributed by atoms with Gasteiger partial charge in [0.2, 0.25) is 5.91 Å². The van der Waals surface area contributed by atoms with Crippen molar-refractivity contribution in [1.82, 2.24) is 10.2 Å². The molecule has 2 fully saturated rings. The molecule has 1 aromatic carbocycles. The molecular weight excluding hydrogens is 228 g/mol. The summed E-state index contributed by atoms with van der Waals surface area (Å²) in [6.07, 6.45) is 2.26. The SMILES string of the molecule is COC1CC(N2CNC(c3ccccc3)C2=O)C1. The average molecular weight is 246 g/mol. The van der Waals surface area contributed by atoms with E-state index >= 15 is 0 Å². The normalized spacial score (nSPS) is 31.5. The topological polar surface area (TPSA) is 41.6 Å². The smallest absolute Gasteiger partial charge is 0.245 e. The number of methoxy groups -OCH3 is 1. The highest BCUT2D eigenvalue weighted by atomic mass is 16.5. The monoisotopic (exact) mass is 246 g/mol. The molecule has 1 aliphatic heterocycles. The molecule has 1 amide bonds. The van der Waals surface area contributed by atoms with E-state index in [9.17, 15) is 4.79 Å². The predicted octanol–water partition coefficient (Wildman–Crippen LogP) is 1.29. The van der Waals surface area contributed by atoms with E-state index in [2.05, 4.69) is 5.32 Å². The summed E-state index contributed by atoms with van der Waals surface area (Å²) < 4.78 is 5.26. The molecule has 0 radical (unpaired) electrons. The lowest BCUT2D eigenvalue weighted by atomic mass is 9.88. The minimum Gasteiger partial charge on any atom is -0.381 e. The third-order valence-corrected chi connectivity index (χ3v) is 3.97. The zero-order chi connectivity index (χ0) is 12.5. The van der Waals surface area contributed by atoms with E-state index in [0.717, 1.165) is 18.4 Å². The lowest BCUT2D eigenvalue weighted by Gasteiger charge is -2.39. The number of rotatable bonds is 3. The summed E-state index contributed by atoms with van der Waals surface area (Å²) in [4.78, 5) is 14.3. The zero-order valence-electron chi connectivity index (χ0n) is 10.5. The molecule has 3 rings (SSSR count). The summed E-state index contributed by atoms with van der Waals surface area (Å²) in [6, 6.07) is 10.1. The van der Waals surface area contributed by atoms with Crippen molar-refractivity contribution >= 4 is 5.91 Å². The quantitative estimate of drug-likeness (QED) is 0.874. The van der Waals surface area contributed by atoms with Crippen molar-refractivity contribution < 1.29 is 9.53 Å². The highest BCUT2D eigenvalue weighted by molar-refractivity contribution is 5.85. The molecule has 0 bridgehead atoms. The summed E-state index contributed by atoms with van der Waals surface area (Å²) in [7, 11) is 1.73. The van der Waals surface area contributed by atoms with E-state index in [1.165, 1.54) is 0 Å². The highest BCUT2D eigenvalue weighted by Gasteiger charge is 2.41. The molecular formula is C14H18N2O2. The fourth-order valence-electron chi connectivity index (χ4n) is 2.72. The van der Waals surface area contributed by atoms with E-state index in [0.29, 0.717) is 18.8 Å². The second-order valence-electron chi connectivity index (χ2n) is 5.00. The van der Waals surface area contributed by atoms with Gasteiger partial charge in [-0.1, -0.05) is 30.3 Å². The van der Waals surface area contributed by atoms with Gasteiger partial charge in [-0.05, 0) is 18.4 Å². The van der Waals surface area contributed by atoms with Crippen molar-refractivity contribution in [2.24, 2.45) is 0 Å². The fourth-order valence-corrected chi connectivity index (χ4v) is 2.72. The summed E-state index contributed by atoms with van der Waals surface area (Å²) in [5.74, 6) is 0.195. The van der Waals surface area contributed by atoms with Gasteiger partial charge in [-0.15, -0.1) is 0 Å². The molecule has 1 heterocycles. The number of hydrogen-bond donors (Lipinski definition) is 1. The summed E-state index contributed by atoms with van der Waals surface area (Å²) in [5.41, 5.74) is 1.05. The second-order valence-corrected chi connectivity index (χ2v) is 5.00. The minimum absolute atomic E-state index is 0.173. The number of benzene rings is 1. The first-order chi connectivity index (χ1) is 8.79. The molecule has 1 saturated heterocycles. The van der Waals surface area contributed by atoms with Crippen LogP contribution in [0.3, 0.4) is 0 Å². The molecule has 1 aliphatic carbocycles. The molecule has 96 valence electrons. The largest absolute Gasteiger partial charge is 0.381 e. The fraction of sp³-hybridized carbons (Fsp3) is 0.500. The summed E-state index contributed by atoms with van der Waals surface area (Å²) in [6.45, 7) is 0.652. The third kappa shape index (κ3) is 1.91. The van der Waals surface area contributed by atoms with E-state index in [-0.39, 0.29) is 11.9 Å². The molecule has 0 aromatic heterocycles. The number of nitrogens with zero attached hydrogens (tertiary/aromatic N) is 1. The maximum absolute atomic E-state index is 12.4. The molecule has 4 nitrogen and oxygen atoms in total. The van der Waals surface area contributed by atoms with E-state index in [1.54, 1.807) is 7.11 Å². The molecule has 2 aliphatic rings. The van der Waals surface area contributed by atoms with Crippen LogP contribution in [0.1, 0.15) is 24.4 Å². The van der Waals surface area contributed by atoms with Crippen LogP contribution in [0.25, 0.3) is 0 Å². The van der Waals surface area contributed by atoms with E-state index in [1.807, 2.05) is 35.2 Å². The second kappa shape index (κ2) is 4.71. The van der Waals surface area contributed by atoms with Crippen molar-refractivity contribution in [2.45, 2.75) is 31.0 Å². The number of ether oxygens (including phenoxy) is 1. The van der Waals surface area contributed by atoms with Gasteiger partial charge in [0, 0.05) is 13.2 Å². The lowest BCUT2D eigenvalue weighted by Crippen LogP contribution is -2.49. The van der Waals surface area contributed by atoms with E-state index in [4.69, 9.17) is 4.74 Å². The van der Waals surface area contributed by atoms with Crippen molar-refractivity contribution in [3.05, 3.63) is 35.9 Å². The van der Waals surface area contributed by atoms with Crippen LogP contribution in [-0.4, -0.2) is 36.7 Å². The molecule has 1 atom stereocenters. The summed E-state index contributed by atoms with van der Waals surface area (Å²) in [5, 5.41) is 3.29. The molecule has 1 unspecified atom stereocenters. The number of carbonyl (C=O) groups is 1. The van der Waals surface area contributed by atoms with Gasteiger partial charge in [0.1, 0.15) is 6.04 Å². The molecule has 4 heteroatoms. The summed E-state index contributed by atoms with van der Waals surface area (Å²) >= 11 is 0. The number of carbonyl (C=O) groups excluding carboxylic acids is 1. The highest BCUT2D eigenvalue weighted by Crippen LogP contribution is 2.32. The Morgan fingerprint density at radius 1 is 1.28 bits per heavy atom. The van der Waals surface area contributed by atoms with Gasteiger partial charge in [-0.3, -0.25) is 10.1 Å². The van der Waals surface area contributed by atoms with Gasteiger partial charge >= 0.3 is 0 Å². The van der Waals surface area contributed by atoms with Crippen LogP contribution in [-0.2, 0) is 9.53 Å². The van der Waals surface area contributed by atoms with Gasteiger partial charge in [0.05, 0.1) is 12.8 Å². The Morgan fingerprint density at radius 2 is 2.00 bits per heavy atom. The van der Waals surface area contributed by atoms with Crippen LogP contribution in [0.15, 0.2) is 30.3 Å². The molecule has 1 aromatic rings. The maximum Gasteiger partial charge on any atom is 0.245 e. The predicted molar refractivity (Wildman–Crippen MR) is 67.9 cm³/mol. The van der Waals surface area contributed by atoms with Crippen LogP contribution >= 0.6 is 0 Å². The van der Waals surface area contributed by atoms with Crippen LogP contribution in [0.4, 0.5) is 0 Å². The Morgan fingerprint density at radius 3 is 2.67 bits per heavy atom. The Bertz CT molecular complexity index is 429. The van der Waals surface area contributed by atoms with Crippen LogP contribution in [0, 0.1) is 0 Å². The van der Waals surface area contributed by atoms with Crippen LogP contribution < -0.4 is 5.32 Å². The number of amides is 1. The standard InChI is InChI=1S/C14H18N2O2/c1-18-12-7-11(8-12)16-9-15-13(14(16)17)10-5-3-2-4-6-10/h2-6,11-13,15H,7-9H2,1H3. The van der Waals surface area contributed by atoms with Crippen molar-refractivity contribution in [2.75, 3.05) is 13.8 Å². The van der Waals surface area contributed by atoms with Gasteiger partial charge < -0.3 is 9.64 Å². The Kier molecular flexibility index (Phi) is 3.06. The number of nitrogens with one attached hydrogen (secondary N) is 1. The van der Waals surface area contributed by atoms with Crippen molar-refractivity contribution in [1.29, 1.82) is 0 Å². The first-order valence-corrected chi connectivity index (χ1v) is 6.41. The number of hydrogen-bond acceptors (Lipinski definition) is 3. The lowest BCUT2D eigenvalue weighted by molar-refractivity contribution is -0.135. The maximum atomic E-state index is 12.4. The average Bonchev–Trinajstić information content (AvgIpc) is 2.72. The Hall–Kier alpha value is -1.39. The van der Waals surface area contributed by atoms with Crippen LogP contribution in [0.5, 0.6) is 0 Å². The molecule has 18 heavy (non-hydrogen) atoms. The minimum atomic E-state index is -0.173. The first kappa shape index (κ1) is 11.7. The molecule has 1 saturated carbocycles. The van der Waals surface area contributed by atoms with Gasteiger partial charge in [0.15, 0.2) is 0 Å². The van der Waals surface area contributed by atoms with Gasteiger partial charge in [-0.2, -0.15) is 0 Å². The molecule has 0 spiro atoms. The van der Waals surface area contributed by atoms with Crippen LogP contribution in [0.2, 0.25) is 0 Å². The zero-order valence-corrected chi connectivity index (χ0v) is 10.5. The van der Waals surface area contributed by atoms with Crippen molar-refractivity contribution in [3.63, 3.8) is 0 Å². The first-order valence-electron chi connectivity index (χ1n) is 6.41. The van der Waals surface area contributed by atoms with E-state index < -0.39 is 0 Å².